The van der Waals surface area contributed by atoms with Gasteiger partial charge >= 0.3 is 0 Å². The molecule has 1 aliphatic heterocycles. The maximum atomic E-state index is 13.6. The van der Waals surface area contributed by atoms with E-state index in [2.05, 4.69) is 27.5 Å². The number of amides is 1. The lowest BCUT2D eigenvalue weighted by atomic mass is 9.91. The minimum absolute atomic E-state index is 0.000417. The zero-order chi connectivity index (χ0) is 19.5. The molecule has 28 heavy (non-hydrogen) atoms. The smallest absolute Gasteiger partial charge is 0.217 e. The molecule has 4 rings (SSSR count). The summed E-state index contributed by atoms with van der Waals surface area (Å²) in [7, 11) is 0. The molecule has 148 valence electrons. The number of carbonyl (C=O) groups is 1. The van der Waals surface area contributed by atoms with Crippen LogP contribution in [0.4, 0.5) is 4.39 Å². The molecule has 0 radical (unpaired) electrons. The largest absolute Gasteiger partial charge is 0.356 e. The van der Waals surface area contributed by atoms with Gasteiger partial charge in [0.15, 0.2) is 5.58 Å². The van der Waals surface area contributed by atoms with Gasteiger partial charge in [-0.1, -0.05) is 5.16 Å². The second kappa shape index (κ2) is 8.41. The van der Waals surface area contributed by atoms with E-state index < -0.39 is 0 Å². The third-order valence-electron chi connectivity index (χ3n) is 5.34. The average Bonchev–Trinajstić information content (AvgIpc) is 3.31. The molecule has 7 heteroatoms. The van der Waals surface area contributed by atoms with Crippen molar-refractivity contribution in [3.8, 4) is 0 Å². The molecule has 0 atom stereocenters. The van der Waals surface area contributed by atoms with Crippen LogP contribution in [0.2, 0.25) is 0 Å². The molecule has 1 aliphatic rings. The van der Waals surface area contributed by atoms with Gasteiger partial charge in [0, 0.05) is 34.5 Å². The highest BCUT2D eigenvalue weighted by Crippen LogP contribution is 2.33. The molecule has 0 spiro atoms. The van der Waals surface area contributed by atoms with E-state index in [1.54, 1.807) is 17.4 Å². The van der Waals surface area contributed by atoms with Gasteiger partial charge in [-0.15, -0.1) is 11.3 Å². The van der Waals surface area contributed by atoms with Crippen LogP contribution in [-0.4, -0.2) is 35.6 Å². The Bertz CT molecular complexity index is 960. The van der Waals surface area contributed by atoms with Gasteiger partial charge in [0.1, 0.15) is 5.82 Å². The highest BCUT2D eigenvalue weighted by Gasteiger charge is 2.25. The molecule has 3 aromatic rings. The molecule has 1 fully saturated rings. The number of thiophene rings is 1. The number of nitrogens with one attached hydrogen (secondary N) is 1. The lowest BCUT2D eigenvalue weighted by Crippen LogP contribution is -2.34. The Labute approximate surface area is 167 Å². The summed E-state index contributed by atoms with van der Waals surface area (Å²) in [5, 5.41) is 7.87. The van der Waals surface area contributed by atoms with Crippen molar-refractivity contribution in [1.82, 2.24) is 15.4 Å². The van der Waals surface area contributed by atoms with Crippen molar-refractivity contribution in [1.29, 1.82) is 0 Å². The van der Waals surface area contributed by atoms with Gasteiger partial charge in [-0.2, -0.15) is 0 Å². The molecule has 1 aromatic carbocycles. The van der Waals surface area contributed by atoms with Crippen molar-refractivity contribution in [2.75, 3.05) is 19.6 Å². The molecular weight excluding hydrogens is 377 g/mol. The van der Waals surface area contributed by atoms with Crippen LogP contribution in [0.1, 0.15) is 41.1 Å². The summed E-state index contributed by atoms with van der Waals surface area (Å²) >= 11 is 1.77. The van der Waals surface area contributed by atoms with Gasteiger partial charge in [0.2, 0.25) is 5.91 Å². The first-order valence-corrected chi connectivity index (χ1v) is 10.5. The molecule has 1 saturated heterocycles. The number of benzene rings is 1. The van der Waals surface area contributed by atoms with Crippen molar-refractivity contribution < 1.29 is 13.7 Å². The van der Waals surface area contributed by atoms with Crippen LogP contribution in [0, 0.1) is 5.82 Å². The predicted octanol–water partition coefficient (Wildman–Crippen LogP) is 4.09. The van der Waals surface area contributed by atoms with Gasteiger partial charge in [-0.05, 0) is 62.7 Å². The lowest BCUT2D eigenvalue weighted by Gasteiger charge is -2.31. The van der Waals surface area contributed by atoms with Crippen molar-refractivity contribution in [2.24, 2.45) is 0 Å². The third kappa shape index (κ3) is 4.42. The second-order valence-corrected chi connectivity index (χ2v) is 8.60. The van der Waals surface area contributed by atoms with Gasteiger partial charge in [0.25, 0.3) is 0 Å². The topological polar surface area (TPSA) is 58.4 Å². The number of aromatic nitrogens is 1. The zero-order valence-corrected chi connectivity index (χ0v) is 16.7. The zero-order valence-electron chi connectivity index (χ0n) is 15.9. The van der Waals surface area contributed by atoms with Gasteiger partial charge in [-0.25, -0.2) is 4.39 Å². The molecule has 0 bridgehead atoms. The van der Waals surface area contributed by atoms with Gasteiger partial charge in [0.05, 0.1) is 12.2 Å². The van der Waals surface area contributed by atoms with Crippen LogP contribution in [0.15, 0.2) is 34.9 Å². The average molecular weight is 402 g/mol. The number of piperidine rings is 1. The third-order valence-corrected chi connectivity index (χ3v) is 6.48. The number of hydrogen-bond acceptors (Lipinski definition) is 5. The maximum absolute atomic E-state index is 13.6. The minimum Gasteiger partial charge on any atom is -0.356 e. The Balaban J connectivity index is 1.28. The Kier molecular flexibility index (Phi) is 5.73. The summed E-state index contributed by atoms with van der Waals surface area (Å²) in [5.41, 5.74) is 1.56. The second-order valence-electron chi connectivity index (χ2n) is 7.35. The summed E-state index contributed by atoms with van der Waals surface area (Å²) in [5.74, 6) is 0.0777. The summed E-state index contributed by atoms with van der Waals surface area (Å²) in [6, 6.07) is 8.84. The number of rotatable bonds is 6. The van der Waals surface area contributed by atoms with Crippen LogP contribution in [0.5, 0.6) is 0 Å². The summed E-state index contributed by atoms with van der Waals surface area (Å²) in [4.78, 5) is 16.0. The fraction of sp³-hybridized carbons (Fsp3) is 0.429. The standard InChI is InChI=1S/C21H24FN3O2S/c1-14(26)23-13-18-4-3-17(28-18)8-11-25-9-6-15(7-10-25)21-19-12-16(22)2-5-20(19)27-24-21/h2-5,12,15H,6-11,13H2,1H3,(H,23,26). The maximum Gasteiger partial charge on any atom is 0.217 e. The number of halogens is 1. The van der Waals surface area contributed by atoms with E-state index in [0.29, 0.717) is 18.0 Å². The Morgan fingerprint density at radius 1 is 1.29 bits per heavy atom. The molecule has 5 nitrogen and oxygen atoms in total. The van der Waals surface area contributed by atoms with Crippen LogP contribution >= 0.6 is 11.3 Å². The van der Waals surface area contributed by atoms with Crippen LogP contribution < -0.4 is 5.32 Å². The van der Waals surface area contributed by atoms with Crippen molar-refractivity contribution >= 4 is 28.2 Å². The number of nitrogens with zero attached hydrogens (tertiary/aromatic N) is 2. The first-order valence-electron chi connectivity index (χ1n) is 9.67. The fourth-order valence-electron chi connectivity index (χ4n) is 3.79. The number of hydrogen-bond donors (Lipinski definition) is 1. The lowest BCUT2D eigenvalue weighted by molar-refractivity contribution is -0.119. The SMILES string of the molecule is CC(=O)NCc1ccc(CCN2CCC(c3noc4ccc(F)cc34)CC2)s1. The van der Waals surface area contributed by atoms with E-state index in [1.165, 1.54) is 28.8 Å². The van der Waals surface area contributed by atoms with Crippen molar-refractivity contribution in [3.05, 3.63) is 51.6 Å². The van der Waals surface area contributed by atoms with Crippen LogP contribution in [0.3, 0.4) is 0 Å². The molecule has 2 aromatic heterocycles. The van der Waals surface area contributed by atoms with Gasteiger partial charge in [-0.3, -0.25) is 4.79 Å². The van der Waals surface area contributed by atoms with E-state index in [0.717, 1.165) is 50.0 Å². The summed E-state index contributed by atoms with van der Waals surface area (Å²) in [6.45, 7) is 5.20. The van der Waals surface area contributed by atoms with E-state index in [1.807, 2.05) is 0 Å². The highest BCUT2D eigenvalue weighted by molar-refractivity contribution is 7.12. The quantitative estimate of drug-likeness (QED) is 0.676. The monoisotopic (exact) mass is 401 g/mol. The van der Waals surface area contributed by atoms with E-state index >= 15 is 0 Å². The Hall–Kier alpha value is -2.25. The fourth-order valence-corrected chi connectivity index (χ4v) is 4.73. The molecule has 1 amide bonds. The Morgan fingerprint density at radius 3 is 2.86 bits per heavy atom. The number of likely N-dealkylation sites (tertiary alicyclic amines) is 1. The van der Waals surface area contributed by atoms with E-state index in [-0.39, 0.29) is 11.7 Å². The van der Waals surface area contributed by atoms with E-state index in [9.17, 15) is 9.18 Å². The van der Waals surface area contributed by atoms with Gasteiger partial charge < -0.3 is 14.7 Å². The molecule has 3 heterocycles. The van der Waals surface area contributed by atoms with Crippen LogP contribution in [0.25, 0.3) is 11.0 Å². The van der Waals surface area contributed by atoms with Crippen LogP contribution in [-0.2, 0) is 17.8 Å². The number of fused-ring (bicyclic) bond motifs is 1. The summed E-state index contributed by atoms with van der Waals surface area (Å²) in [6.07, 6.45) is 3.04. The Morgan fingerprint density at radius 2 is 2.07 bits per heavy atom. The minimum atomic E-state index is -0.247. The highest BCUT2D eigenvalue weighted by atomic mass is 32.1. The van der Waals surface area contributed by atoms with Crippen molar-refractivity contribution in [3.63, 3.8) is 0 Å². The first-order chi connectivity index (χ1) is 13.6. The van der Waals surface area contributed by atoms with Crippen molar-refractivity contribution in [2.45, 2.75) is 38.6 Å². The van der Waals surface area contributed by atoms with E-state index in [4.69, 9.17) is 4.52 Å². The predicted molar refractivity (Wildman–Crippen MR) is 108 cm³/mol. The molecule has 0 saturated carbocycles. The molecular formula is C21H24FN3O2S. The molecule has 1 N–H and O–H groups in total. The first kappa shape index (κ1) is 19.1. The summed E-state index contributed by atoms with van der Waals surface area (Å²) < 4.78 is 18.9. The molecule has 0 unspecified atom stereocenters. The number of carbonyl (C=O) groups excluding carboxylic acids is 1. The molecule has 0 aliphatic carbocycles. The normalized spacial score (nSPS) is 15.9.